The van der Waals surface area contributed by atoms with Gasteiger partial charge in [-0.15, -0.1) is 0 Å². The van der Waals surface area contributed by atoms with E-state index in [9.17, 15) is 19.5 Å². The van der Waals surface area contributed by atoms with Gasteiger partial charge >= 0.3 is 18.2 Å². The zero-order chi connectivity index (χ0) is 24.5. The van der Waals surface area contributed by atoms with E-state index in [0.29, 0.717) is 13.0 Å². The Hall–Kier alpha value is -3.55. The molecule has 2 aromatic carbocycles. The van der Waals surface area contributed by atoms with Gasteiger partial charge in [-0.2, -0.15) is 0 Å². The van der Waals surface area contributed by atoms with Crippen LogP contribution in [0.25, 0.3) is 11.1 Å². The minimum absolute atomic E-state index is 0.0576. The Morgan fingerprint density at radius 3 is 2.15 bits per heavy atom. The SMILES string of the molecule is CC(C)(C)OC(=O)N1CCC1(CCNC(=O)OCC1c2ccccc2-c2ccccc21)C(=O)O. The van der Waals surface area contributed by atoms with Crippen LogP contribution in [0.5, 0.6) is 0 Å². The number of hydrogen-bond donors (Lipinski definition) is 2. The van der Waals surface area contributed by atoms with Crippen LogP contribution in [0.4, 0.5) is 9.59 Å². The first-order valence-corrected chi connectivity index (χ1v) is 11.5. The van der Waals surface area contributed by atoms with Crippen molar-refractivity contribution in [2.75, 3.05) is 19.7 Å². The Kier molecular flexibility index (Phi) is 6.25. The number of amides is 2. The van der Waals surface area contributed by atoms with E-state index in [1.165, 1.54) is 4.90 Å². The second kappa shape index (κ2) is 9.00. The predicted octanol–water partition coefficient (Wildman–Crippen LogP) is 4.38. The number of carbonyl (C=O) groups is 3. The number of carboxylic acids is 1. The molecule has 8 nitrogen and oxygen atoms in total. The number of hydrogen-bond acceptors (Lipinski definition) is 5. The van der Waals surface area contributed by atoms with Crippen LogP contribution in [0.2, 0.25) is 0 Å². The van der Waals surface area contributed by atoms with Crippen LogP contribution in [-0.2, 0) is 14.3 Å². The molecule has 34 heavy (non-hydrogen) atoms. The van der Waals surface area contributed by atoms with Gasteiger partial charge in [0, 0.05) is 19.0 Å². The Bertz CT molecular complexity index is 1060. The van der Waals surface area contributed by atoms with Crippen LogP contribution in [0, 0.1) is 0 Å². The molecule has 2 aromatic rings. The first-order valence-electron chi connectivity index (χ1n) is 11.5. The van der Waals surface area contributed by atoms with E-state index in [1.54, 1.807) is 20.8 Å². The van der Waals surface area contributed by atoms with Gasteiger partial charge in [-0.05, 0) is 55.9 Å². The Balaban J connectivity index is 1.33. The number of fused-ring (bicyclic) bond motifs is 3. The number of rotatable bonds is 6. The average molecular weight is 467 g/mol. The molecule has 0 saturated carbocycles. The monoisotopic (exact) mass is 466 g/mol. The molecular formula is C26H30N2O6. The maximum Gasteiger partial charge on any atom is 0.411 e. The van der Waals surface area contributed by atoms with Crippen LogP contribution < -0.4 is 5.32 Å². The number of carboxylic acid groups (broad SMARTS) is 1. The van der Waals surface area contributed by atoms with Gasteiger partial charge in [0.05, 0.1) is 0 Å². The maximum absolute atomic E-state index is 12.4. The molecule has 1 fully saturated rings. The average Bonchev–Trinajstić information content (AvgIpc) is 3.06. The highest BCUT2D eigenvalue weighted by Gasteiger charge is 2.54. The van der Waals surface area contributed by atoms with Crippen LogP contribution in [0.1, 0.15) is 50.7 Å². The van der Waals surface area contributed by atoms with E-state index in [0.717, 1.165) is 22.3 Å². The second-order valence-electron chi connectivity index (χ2n) is 9.72. The summed E-state index contributed by atoms with van der Waals surface area (Å²) in [7, 11) is 0. The Morgan fingerprint density at radius 2 is 1.65 bits per heavy atom. The van der Waals surface area contributed by atoms with E-state index >= 15 is 0 Å². The minimum atomic E-state index is -1.39. The van der Waals surface area contributed by atoms with Gasteiger partial charge in [-0.1, -0.05) is 48.5 Å². The van der Waals surface area contributed by atoms with Crippen molar-refractivity contribution in [2.24, 2.45) is 0 Å². The molecule has 2 amide bonds. The molecule has 2 aliphatic rings. The number of carbonyl (C=O) groups excluding carboxylic acids is 2. The third-order valence-electron chi connectivity index (χ3n) is 6.43. The van der Waals surface area contributed by atoms with Crippen molar-refractivity contribution in [1.29, 1.82) is 0 Å². The summed E-state index contributed by atoms with van der Waals surface area (Å²) in [5.74, 6) is -1.17. The van der Waals surface area contributed by atoms with E-state index in [4.69, 9.17) is 9.47 Å². The van der Waals surface area contributed by atoms with Crippen molar-refractivity contribution in [3.05, 3.63) is 59.7 Å². The van der Waals surface area contributed by atoms with Crippen LogP contribution in [-0.4, -0.2) is 59.0 Å². The smallest absolute Gasteiger partial charge is 0.411 e. The van der Waals surface area contributed by atoms with Gasteiger partial charge < -0.3 is 19.9 Å². The normalized spacial score (nSPS) is 19.0. The highest BCUT2D eigenvalue weighted by atomic mass is 16.6. The zero-order valence-corrected chi connectivity index (χ0v) is 19.7. The van der Waals surface area contributed by atoms with Crippen molar-refractivity contribution in [3.8, 4) is 11.1 Å². The molecule has 0 spiro atoms. The predicted molar refractivity (Wildman–Crippen MR) is 126 cm³/mol. The lowest BCUT2D eigenvalue weighted by Crippen LogP contribution is -2.67. The van der Waals surface area contributed by atoms with Crippen molar-refractivity contribution < 1.29 is 29.0 Å². The Morgan fingerprint density at radius 1 is 1.06 bits per heavy atom. The summed E-state index contributed by atoms with van der Waals surface area (Å²) in [6, 6.07) is 16.1. The standard InChI is InChI=1S/C26H30N2O6/c1-25(2,3)34-24(32)28-15-13-26(28,22(29)30)12-14-27-23(31)33-16-21-19-10-6-4-8-17(19)18-9-5-7-11-20(18)21/h4-11,21H,12-16H2,1-3H3,(H,27,31)(H,29,30). The maximum atomic E-state index is 12.4. The highest BCUT2D eigenvalue weighted by Crippen LogP contribution is 2.44. The molecule has 0 radical (unpaired) electrons. The summed E-state index contributed by atoms with van der Waals surface area (Å²) in [5.41, 5.74) is 2.40. The molecule has 1 aliphatic carbocycles. The topological polar surface area (TPSA) is 105 Å². The van der Waals surface area contributed by atoms with Gasteiger partial charge in [-0.3, -0.25) is 4.90 Å². The number of benzene rings is 2. The summed E-state index contributed by atoms with van der Waals surface area (Å²) in [5, 5.41) is 12.4. The fraction of sp³-hybridized carbons (Fsp3) is 0.423. The third kappa shape index (κ3) is 4.44. The number of likely N-dealkylation sites (tertiary alicyclic amines) is 1. The first-order chi connectivity index (χ1) is 16.1. The molecule has 2 N–H and O–H groups in total. The molecule has 1 aliphatic heterocycles. The van der Waals surface area contributed by atoms with Gasteiger partial charge in [0.2, 0.25) is 0 Å². The lowest BCUT2D eigenvalue weighted by atomic mass is 9.82. The van der Waals surface area contributed by atoms with Gasteiger partial charge in [0.1, 0.15) is 17.7 Å². The number of nitrogens with one attached hydrogen (secondary N) is 1. The van der Waals surface area contributed by atoms with Crippen molar-refractivity contribution >= 4 is 18.2 Å². The molecule has 1 atom stereocenters. The summed E-state index contributed by atoms with van der Waals surface area (Å²) in [4.78, 5) is 38.1. The highest BCUT2D eigenvalue weighted by molar-refractivity contribution is 5.86. The van der Waals surface area contributed by atoms with Crippen molar-refractivity contribution in [2.45, 2.75) is 50.7 Å². The fourth-order valence-electron chi connectivity index (χ4n) is 4.69. The summed E-state index contributed by atoms with van der Waals surface area (Å²) >= 11 is 0. The Labute approximate surface area is 198 Å². The van der Waals surface area contributed by atoms with E-state index < -0.39 is 29.3 Å². The van der Waals surface area contributed by atoms with E-state index in [1.807, 2.05) is 36.4 Å². The summed E-state index contributed by atoms with van der Waals surface area (Å²) in [6.45, 7) is 5.71. The largest absolute Gasteiger partial charge is 0.479 e. The molecule has 1 saturated heterocycles. The molecule has 4 rings (SSSR count). The third-order valence-corrected chi connectivity index (χ3v) is 6.43. The summed E-state index contributed by atoms with van der Waals surface area (Å²) in [6.07, 6.45) is -0.924. The van der Waals surface area contributed by atoms with Gasteiger partial charge in [-0.25, -0.2) is 14.4 Å². The molecule has 0 aromatic heterocycles. The first kappa shape index (κ1) is 23.6. The van der Waals surface area contributed by atoms with Crippen molar-refractivity contribution in [1.82, 2.24) is 10.2 Å². The van der Waals surface area contributed by atoms with Crippen molar-refractivity contribution in [3.63, 3.8) is 0 Å². The number of nitrogens with zero attached hydrogens (tertiary/aromatic N) is 1. The van der Waals surface area contributed by atoms with Crippen LogP contribution in [0.3, 0.4) is 0 Å². The fourth-order valence-corrected chi connectivity index (χ4v) is 4.69. The number of alkyl carbamates (subject to hydrolysis) is 1. The molecule has 180 valence electrons. The van der Waals surface area contributed by atoms with Crippen LogP contribution >= 0.6 is 0 Å². The lowest BCUT2D eigenvalue weighted by molar-refractivity contribution is -0.160. The van der Waals surface area contributed by atoms with Gasteiger partial charge in [0.25, 0.3) is 0 Å². The molecule has 1 unspecified atom stereocenters. The quantitative estimate of drug-likeness (QED) is 0.655. The summed E-state index contributed by atoms with van der Waals surface area (Å²) < 4.78 is 10.8. The minimum Gasteiger partial charge on any atom is -0.479 e. The number of ether oxygens (including phenoxy) is 2. The van der Waals surface area contributed by atoms with Gasteiger partial charge in [0.15, 0.2) is 0 Å². The molecule has 0 bridgehead atoms. The van der Waals surface area contributed by atoms with E-state index in [-0.39, 0.29) is 25.5 Å². The number of aliphatic carboxylic acids is 1. The second-order valence-corrected chi connectivity index (χ2v) is 9.72. The molecular weight excluding hydrogens is 436 g/mol. The molecule has 1 heterocycles. The zero-order valence-electron chi connectivity index (χ0n) is 19.7. The van der Waals surface area contributed by atoms with E-state index in [2.05, 4.69) is 17.4 Å². The van der Waals surface area contributed by atoms with Crippen LogP contribution in [0.15, 0.2) is 48.5 Å². The lowest BCUT2D eigenvalue weighted by Gasteiger charge is -2.49. The molecule has 8 heteroatoms.